The molecule has 6 nitrogen and oxygen atoms in total. The zero-order valence-electron chi connectivity index (χ0n) is 17.8. The molecule has 0 aliphatic carbocycles. The molecular formula is C23H24FN5OSi. The summed E-state index contributed by atoms with van der Waals surface area (Å²) in [5.41, 5.74) is 4.03. The van der Waals surface area contributed by atoms with E-state index in [1.807, 2.05) is 24.5 Å². The molecule has 0 aliphatic heterocycles. The van der Waals surface area contributed by atoms with Crippen LogP contribution >= 0.6 is 0 Å². The number of rotatable bonds is 7. The van der Waals surface area contributed by atoms with Crippen molar-refractivity contribution in [2.24, 2.45) is 0 Å². The minimum atomic E-state index is -1.16. The number of hydrogen-bond acceptors (Lipinski definition) is 3. The van der Waals surface area contributed by atoms with Crippen LogP contribution in [0.2, 0.25) is 25.7 Å². The molecule has 1 aromatic carbocycles. The van der Waals surface area contributed by atoms with E-state index in [0.29, 0.717) is 24.8 Å². The smallest absolute Gasteiger partial charge is 0.254 e. The Morgan fingerprint density at radius 1 is 1.06 bits per heavy atom. The highest BCUT2D eigenvalue weighted by Gasteiger charge is 2.17. The molecule has 158 valence electrons. The summed E-state index contributed by atoms with van der Waals surface area (Å²) in [5.74, 6) is 0.156. The number of aromatic nitrogens is 4. The van der Waals surface area contributed by atoms with Crippen molar-refractivity contribution in [3.8, 4) is 22.4 Å². The summed E-state index contributed by atoms with van der Waals surface area (Å²) in [7, 11) is -1.16. The third-order valence-electron chi connectivity index (χ3n) is 5.01. The number of ether oxygens (including phenoxy) is 1. The monoisotopic (exact) mass is 433 g/mol. The maximum absolute atomic E-state index is 13.5. The number of hydrogen-bond donors (Lipinski definition) is 0. The number of fused-ring (bicyclic) bond motifs is 1. The molecule has 0 aliphatic rings. The van der Waals surface area contributed by atoms with Crippen LogP contribution in [0.3, 0.4) is 0 Å². The Bertz CT molecular complexity index is 1250. The van der Waals surface area contributed by atoms with Crippen LogP contribution < -0.4 is 0 Å². The zero-order valence-corrected chi connectivity index (χ0v) is 18.8. The summed E-state index contributed by atoms with van der Waals surface area (Å²) >= 11 is 0. The van der Waals surface area contributed by atoms with Crippen molar-refractivity contribution in [3.05, 3.63) is 72.2 Å². The van der Waals surface area contributed by atoms with Crippen molar-refractivity contribution in [1.82, 2.24) is 19.2 Å². The van der Waals surface area contributed by atoms with Gasteiger partial charge in [-0.05, 0) is 36.4 Å². The van der Waals surface area contributed by atoms with Gasteiger partial charge in [0.05, 0.1) is 12.4 Å². The molecule has 4 rings (SSSR count). The molecule has 31 heavy (non-hydrogen) atoms. The van der Waals surface area contributed by atoms with Crippen molar-refractivity contribution >= 4 is 19.5 Å². The van der Waals surface area contributed by atoms with E-state index in [0.717, 1.165) is 28.4 Å². The molecule has 0 saturated carbocycles. The molecule has 0 unspecified atom stereocenters. The molecule has 0 saturated heterocycles. The highest BCUT2D eigenvalue weighted by molar-refractivity contribution is 6.76. The molecule has 8 heteroatoms. The average molecular weight is 434 g/mol. The topological polar surface area (TPSA) is 48.7 Å². The van der Waals surface area contributed by atoms with Gasteiger partial charge in [0, 0.05) is 43.6 Å². The van der Waals surface area contributed by atoms with Gasteiger partial charge in [0.25, 0.3) is 5.82 Å². The molecule has 0 bridgehead atoms. The standard InChI is InChI=1S/C23H24FN5OSi/c1-25-22-13-26-21-10-7-18(14-29(21)22)20-15-28(16-30-11-12-31(2,3)4)27-23(20)17-5-8-19(24)9-6-17/h5-10,13-15H,11-12,16H2,2-4H3. The fraction of sp³-hybridized carbons (Fsp3) is 0.261. The largest absolute Gasteiger partial charge is 0.362 e. The fourth-order valence-corrected chi connectivity index (χ4v) is 4.02. The van der Waals surface area contributed by atoms with Crippen molar-refractivity contribution in [3.63, 3.8) is 0 Å². The Morgan fingerprint density at radius 3 is 2.52 bits per heavy atom. The normalized spacial score (nSPS) is 11.7. The lowest BCUT2D eigenvalue weighted by Gasteiger charge is -2.15. The van der Waals surface area contributed by atoms with E-state index in [2.05, 4.69) is 29.5 Å². The number of imidazole rings is 1. The molecule has 4 aromatic rings. The van der Waals surface area contributed by atoms with Gasteiger partial charge < -0.3 is 9.58 Å². The first-order valence-electron chi connectivity index (χ1n) is 10.1. The van der Waals surface area contributed by atoms with E-state index in [1.54, 1.807) is 27.4 Å². The second kappa shape index (κ2) is 8.45. The molecule has 0 fully saturated rings. The van der Waals surface area contributed by atoms with Crippen LogP contribution in [0.5, 0.6) is 0 Å². The molecule has 0 N–H and O–H groups in total. The maximum atomic E-state index is 13.5. The zero-order chi connectivity index (χ0) is 22.0. The van der Waals surface area contributed by atoms with E-state index in [1.165, 1.54) is 12.1 Å². The second-order valence-corrected chi connectivity index (χ2v) is 14.3. The maximum Gasteiger partial charge on any atom is 0.254 e. The van der Waals surface area contributed by atoms with Gasteiger partial charge in [0.2, 0.25) is 5.65 Å². The Labute approximate surface area is 181 Å². The van der Waals surface area contributed by atoms with Crippen LogP contribution in [0, 0.1) is 12.4 Å². The predicted octanol–water partition coefficient (Wildman–Crippen LogP) is 5.87. The Balaban J connectivity index is 1.70. The predicted molar refractivity (Wildman–Crippen MR) is 122 cm³/mol. The van der Waals surface area contributed by atoms with Crippen LogP contribution in [0.25, 0.3) is 32.9 Å². The SMILES string of the molecule is [C-]#[N+]c1cnc2ccc(-c3cn(COCC[Si](C)(C)C)nc3-c3ccc(F)cc3)cn12. The molecule has 3 aromatic heterocycles. The van der Waals surface area contributed by atoms with Gasteiger partial charge >= 0.3 is 0 Å². The van der Waals surface area contributed by atoms with Gasteiger partial charge in [0.1, 0.15) is 18.2 Å². The van der Waals surface area contributed by atoms with Gasteiger partial charge in [-0.15, -0.1) is 0 Å². The van der Waals surface area contributed by atoms with Crippen LogP contribution in [0.15, 0.2) is 55.0 Å². The lowest BCUT2D eigenvalue weighted by molar-refractivity contribution is 0.0788. The van der Waals surface area contributed by atoms with Gasteiger partial charge in [-0.3, -0.25) is 0 Å². The third-order valence-corrected chi connectivity index (χ3v) is 6.72. The van der Waals surface area contributed by atoms with Crippen molar-refractivity contribution in [2.45, 2.75) is 32.4 Å². The first-order valence-corrected chi connectivity index (χ1v) is 13.8. The quantitative estimate of drug-likeness (QED) is 0.208. The van der Waals surface area contributed by atoms with E-state index < -0.39 is 8.07 Å². The third kappa shape index (κ3) is 4.73. The number of nitrogens with zero attached hydrogens (tertiary/aromatic N) is 5. The van der Waals surface area contributed by atoms with Gasteiger partial charge in [0.15, 0.2) is 0 Å². The average Bonchev–Trinajstić information content (AvgIpc) is 3.34. The fourth-order valence-electron chi connectivity index (χ4n) is 3.27. The molecular weight excluding hydrogens is 409 g/mol. The van der Waals surface area contributed by atoms with Crippen molar-refractivity contribution in [1.29, 1.82) is 0 Å². The van der Waals surface area contributed by atoms with Crippen LogP contribution in [-0.2, 0) is 11.5 Å². The first-order chi connectivity index (χ1) is 14.8. The summed E-state index contributed by atoms with van der Waals surface area (Å²) < 4.78 is 22.9. The van der Waals surface area contributed by atoms with Gasteiger partial charge in [-0.1, -0.05) is 26.2 Å². The Hall–Kier alpha value is -3.28. The molecule has 0 radical (unpaired) electrons. The molecule has 3 heterocycles. The number of benzene rings is 1. The van der Waals surface area contributed by atoms with E-state index >= 15 is 0 Å². The van der Waals surface area contributed by atoms with Crippen LogP contribution in [0.4, 0.5) is 10.2 Å². The van der Waals surface area contributed by atoms with Crippen molar-refractivity contribution < 1.29 is 9.13 Å². The van der Waals surface area contributed by atoms with E-state index in [-0.39, 0.29) is 5.82 Å². The van der Waals surface area contributed by atoms with Gasteiger partial charge in [-0.2, -0.15) is 5.10 Å². The summed E-state index contributed by atoms with van der Waals surface area (Å²) in [6.45, 7) is 15.4. The lowest BCUT2D eigenvalue weighted by atomic mass is 10.0. The lowest BCUT2D eigenvalue weighted by Crippen LogP contribution is -2.22. The summed E-state index contributed by atoms with van der Waals surface area (Å²) in [4.78, 5) is 7.79. The van der Waals surface area contributed by atoms with Crippen LogP contribution in [0.1, 0.15) is 0 Å². The molecule has 0 amide bonds. The highest BCUT2D eigenvalue weighted by Crippen LogP contribution is 2.32. The minimum Gasteiger partial charge on any atom is -0.362 e. The first kappa shape index (κ1) is 21.0. The molecule has 0 atom stereocenters. The van der Waals surface area contributed by atoms with E-state index in [4.69, 9.17) is 16.4 Å². The van der Waals surface area contributed by atoms with Crippen LogP contribution in [-0.4, -0.2) is 33.8 Å². The molecule has 0 spiro atoms. The summed E-state index contributed by atoms with van der Waals surface area (Å²) in [5, 5.41) is 4.73. The summed E-state index contributed by atoms with van der Waals surface area (Å²) in [6, 6.07) is 11.2. The summed E-state index contributed by atoms with van der Waals surface area (Å²) in [6.07, 6.45) is 5.38. The minimum absolute atomic E-state index is 0.291. The Morgan fingerprint density at radius 2 is 1.81 bits per heavy atom. The van der Waals surface area contributed by atoms with Crippen molar-refractivity contribution in [2.75, 3.05) is 6.61 Å². The van der Waals surface area contributed by atoms with Gasteiger partial charge in [-0.25, -0.2) is 18.5 Å². The van der Waals surface area contributed by atoms with E-state index in [9.17, 15) is 4.39 Å². The second-order valence-electron chi connectivity index (χ2n) is 8.66. The number of halogens is 1. The highest BCUT2D eigenvalue weighted by atomic mass is 28.3. The number of pyridine rings is 1. The Kier molecular flexibility index (Phi) is 5.72.